The summed E-state index contributed by atoms with van der Waals surface area (Å²) in [6.45, 7) is -0.897. The van der Waals surface area contributed by atoms with Gasteiger partial charge in [-0.2, -0.15) is 5.26 Å². The molecular formula is C8H5BFNO. The highest BCUT2D eigenvalue weighted by atomic mass is 19.1. The summed E-state index contributed by atoms with van der Waals surface area (Å²) in [7, 11) is 5.44. The van der Waals surface area contributed by atoms with Crippen LogP contribution in [0.3, 0.4) is 0 Å². The third kappa shape index (κ3) is 1.76. The summed E-state index contributed by atoms with van der Waals surface area (Å²) >= 11 is 0. The Balaban J connectivity index is 2.96. The van der Waals surface area contributed by atoms with Crippen LogP contribution in [-0.2, 0) is 0 Å². The van der Waals surface area contributed by atoms with E-state index in [2.05, 4.69) is 4.74 Å². The van der Waals surface area contributed by atoms with E-state index >= 15 is 0 Å². The Hall–Kier alpha value is -1.50. The molecule has 2 nitrogen and oxygen atoms in total. The van der Waals surface area contributed by atoms with Gasteiger partial charge in [0.25, 0.3) is 0 Å². The average Bonchev–Trinajstić information content (AvgIpc) is 2.05. The first-order chi connectivity index (χ1) is 5.77. The molecule has 1 rings (SSSR count). The summed E-state index contributed by atoms with van der Waals surface area (Å²) in [5, 5.41) is 8.49. The summed E-state index contributed by atoms with van der Waals surface area (Å²) in [6, 6.07) is 6.29. The molecule has 0 N–H and O–H groups in total. The Morgan fingerprint density at radius 1 is 1.58 bits per heavy atom. The lowest BCUT2D eigenvalue weighted by atomic mass is 9.91. The Bertz CT molecular complexity index is 321. The van der Waals surface area contributed by atoms with Gasteiger partial charge >= 0.3 is 0 Å². The van der Waals surface area contributed by atoms with E-state index in [1.807, 2.05) is 6.07 Å². The first-order valence-electron chi connectivity index (χ1n) is 3.26. The second-order valence-corrected chi connectivity index (χ2v) is 2.11. The van der Waals surface area contributed by atoms with E-state index in [0.717, 1.165) is 0 Å². The summed E-state index contributed by atoms with van der Waals surface area (Å²) in [4.78, 5) is 0. The van der Waals surface area contributed by atoms with Gasteiger partial charge in [0.2, 0.25) is 6.86 Å². The Labute approximate surface area is 71.0 Å². The maximum absolute atomic E-state index is 11.7. The van der Waals surface area contributed by atoms with Gasteiger partial charge in [-0.1, -0.05) is 5.46 Å². The van der Waals surface area contributed by atoms with E-state index in [1.54, 1.807) is 0 Å². The normalized spacial score (nSPS) is 9.00. The summed E-state index contributed by atoms with van der Waals surface area (Å²) in [5.74, 6) is 0.328. The van der Waals surface area contributed by atoms with Gasteiger partial charge in [0.05, 0.1) is 6.07 Å². The summed E-state index contributed by atoms with van der Waals surface area (Å²) < 4.78 is 16.2. The van der Waals surface area contributed by atoms with Crippen molar-refractivity contribution in [3.63, 3.8) is 0 Å². The smallest absolute Gasteiger partial charge is 0.228 e. The molecule has 0 saturated carbocycles. The van der Waals surface area contributed by atoms with Crippen LogP contribution in [0.25, 0.3) is 0 Å². The third-order valence-electron chi connectivity index (χ3n) is 1.36. The number of hydrogen-bond donors (Lipinski definition) is 0. The van der Waals surface area contributed by atoms with Gasteiger partial charge in [-0.3, -0.25) is 0 Å². The molecule has 0 spiro atoms. The van der Waals surface area contributed by atoms with Crippen LogP contribution >= 0.6 is 0 Å². The molecule has 0 heterocycles. The average molecular weight is 161 g/mol. The fourth-order valence-electron chi connectivity index (χ4n) is 0.795. The minimum absolute atomic E-state index is 0.295. The number of nitriles is 1. The van der Waals surface area contributed by atoms with Gasteiger partial charge in [-0.15, -0.1) is 0 Å². The SMILES string of the molecule is [B]c1cc(OCF)ccc1C#N. The lowest BCUT2D eigenvalue weighted by Crippen LogP contribution is -2.08. The van der Waals surface area contributed by atoms with E-state index < -0.39 is 6.86 Å². The van der Waals surface area contributed by atoms with Crippen LogP contribution < -0.4 is 10.2 Å². The summed E-state index contributed by atoms with van der Waals surface area (Å²) in [5.41, 5.74) is 0.657. The number of benzene rings is 1. The van der Waals surface area contributed by atoms with E-state index in [4.69, 9.17) is 13.1 Å². The second-order valence-electron chi connectivity index (χ2n) is 2.11. The molecule has 0 atom stereocenters. The van der Waals surface area contributed by atoms with Gasteiger partial charge in [0, 0.05) is 5.56 Å². The number of nitrogens with zero attached hydrogens (tertiary/aromatic N) is 1. The van der Waals surface area contributed by atoms with Crippen molar-refractivity contribution < 1.29 is 9.13 Å². The Morgan fingerprint density at radius 3 is 2.83 bits per heavy atom. The van der Waals surface area contributed by atoms with Gasteiger partial charge in [0.15, 0.2) is 0 Å². The first kappa shape index (κ1) is 8.60. The maximum atomic E-state index is 11.7. The molecule has 0 aliphatic carbocycles. The van der Waals surface area contributed by atoms with Crippen molar-refractivity contribution in [1.82, 2.24) is 0 Å². The van der Waals surface area contributed by atoms with Crippen molar-refractivity contribution in [2.75, 3.05) is 6.86 Å². The molecule has 0 unspecified atom stereocenters. The highest BCUT2D eigenvalue weighted by Crippen LogP contribution is 2.08. The molecule has 4 heteroatoms. The van der Waals surface area contributed by atoms with Gasteiger partial charge in [-0.25, -0.2) is 4.39 Å². The zero-order chi connectivity index (χ0) is 8.97. The topological polar surface area (TPSA) is 33.0 Å². The van der Waals surface area contributed by atoms with E-state index in [0.29, 0.717) is 16.8 Å². The second kappa shape index (κ2) is 3.77. The van der Waals surface area contributed by atoms with Crippen LogP contribution in [0.5, 0.6) is 5.75 Å². The lowest BCUT2D eigenvalue weighted by Gasteiger charge is -2.02. The minimum atomic E-state index is -0.897. The largest absolute Gasteiger partial charge is 0.463 e. The first-order valence-corrected chi connectivity index (χ1v) is 3.26. The van der Waals surface area contributed by atoms with Crippen molar-refractivity contribution in [1.29, 1.82) is 5.26 Å². The van der Waals surface area contributed by atoms with Crippen LogP contribution in [-0.4, -0.2) is 14.7 Å². The highest BCUT2D eigenvalue weighted by molar-refractivity contribution is 6.33. The lowest BCUT2D eigenvalue weighted by molar-refractivity contribution is 0.192. The molecular weight excluding hydrogens is 156 g/mol. The molecule has 0 saturated heterocycles. The molecule has 2 radical (unpaired) electrons. The van der Waals surface area contributed by atoms with Crippen LogP contribution in [0.4, 0.5) is 4.39 Å². The highest BCUT2D eigenvalue weighted by Gasteiger charge is 1.98. The molecule has 12 heavy (non-hydrogen) atoms. The molecule has 0 bridgehead atoms. The zero-order valence-corrected chi connectivity index (χ0v) is 6.25. The quantitative estimate of drug-likeness (QED) is 0.596. The fraction of sp³-hybridized carbons (Fsp3) is 0.125. The number of ether oxygens (including phenoxy) is 1. The molecule has 0 aliphatic rings. The molecule has 1 aromatic carbocycles. The van der Waals surface area contributed by atoms with Gasteiger partial charge in [0.1, 0.15) is 13.6 Å². The summed E-state index contributed by atoms with van der Waals surface area (Å²) in [6.07, 6.45) is 0. The van der Waals surface area contributed by atoms with E-state index in [1.165, 1.54) is 18.2 Å². The number of rotatable bonds is 2. The molecule has 0 aliphatic heterocycles. The van der Waals surface area contributed by atoms with Crippen molar-refractivity contribution in [2.45, 2.75) is 0 Å². The number of hydrogen-bond acceptors (Lipinski definition) is 2. The third-order valence-corrected chi connectivity index (χ3v) is 1.36. The van der Waals surface area contributed by atoms with Crippen LogP contribution in [0.1, 0.15) is 5.56 Å². The molecule has 0 aromatic heterocycles. The van der Waals surface area contributed by atoms with Gasteiger partial charge < -0.3 is 4.74 Å². The van der Waals surface area contributed by atoms with Crippen molar-refractivity contribution >= 4 is 13.3 Å². The molecule has 58 valence electrons. The van der Waals surface area contributed by atoms with Crippen LogP contribution in [0.2, 0.25) is 0 Å². The number of halogens is 1. The minimum Gasteiger partial charge on any atom is -0.463 e. The maximum Gasteiger partial charge on any atom is 0.228 e. The number of alkyl halides is 1. The zero-order valence-electron chi connectivity index (χ0n) is 6.25. The van der Waals surface area contributed by atoms with Gasteiger partial charge in [-0.05, 0) is 18.2 Å². The standard InChI is InChI=1S/C8H5BFNO/c9-8-3-7(12-5-10)2-1-6(8)4-11/h1-3H,5H2. The molecule has 0 amide bonds. The van der Waals surface area contributed by atoms with Crippen molar-refractivity contribution in [3.05, 3.63) is 23.8 Å². The van der Waals surface area contributed by atoms with Crippen LogP contribution in [0, 0.1) is 11.3 Å². The monoisotopic (exact) mass is 161 g/mol. The Kier molecular flexibility index (Phi) is 2.70. The van der Waals surface area contributed by atoms with E-state index in [-0.39, 0.29) is 0 Å². The molecule has 1 aromatic rings. The molecule has 0 fully saturated rings. The van der Waals surface area contributed by atoms with Crippen LogP contribution in [0.15, 0.2) is 18.2 Å². The van der Waals surface area contributed by atoms with Crippen molar-refractivity contribution in [3.8, 4) is 11.8 Å². The van der Waals surface area contributed by atoms with Crippen molar-refractivity contribution in [2.24, 2.45) is 0 Å². The predicted octanol–water partition coefficient (Wildman–Crippen LogP) is 0.658. The predicted molar refractivity (Wildman–Crippen MR) is 43.1 cm³/mol. The Morgan fingerprint density at radius 2 is 2.33 bits per heavy atom. The van der Waals surface area contributed by atoms with E-state index in [9.17, 15) is 4.39 Å². The fourth-order valence-corrected chi connectivity index (χ4v) is 0.795.